The lowest BCUT2D eigenvalue weighted by molar-refractivity contribution is -0.556. The summed E-state index contributed by atoms with van der Waals surface area (Å²) in [5.74, 6) is 0.740. The minimum absolute atomic E-state index is 0.217. The second-order valence-electron chi connectivity index (χ2n) is 6.00. The number of hydrogen-bond donors (Lipinski definition) is 1. The van der Waals surface area contributed by atoms with Gasteiger partial charge in [-0.3, -0.25) is 0 Å². The number of ether oxygens (including phenoxy) is 1. The molecule has 0 amide bonds. The van der Waals surface area contributed by atoms with E-state index in [0.717, 1.165) is 31.4 Å². The zero-order chi connectivity index (χ0) is 19.3. The third kappa shape index (κ3) is 6.93. The molecule has 2 aromatic carbocycles. The maximum atomic E-state index is 11.2. The number of nitroso groups, excluding NO2 is 1. The third-order valence-corrected chi connectivity index (χ3v) is 4.03. The van der Waals surface area contributed by atoms with Gasteiger partial charge in [0.2, 0.25) is 0 Å². The minimum atomic E-state index is 0.217. The van der Waals surface area contributed by atoms with Gasteiger partial charge in [-0.2, -0.15) is 5.01 Å². The quantitative estimate of drug-likeness (QED) is 0.182. The van der Waals surface area contributed by atoms with Crippen LogP contribution in [0.25, 0.3) is 0 Å². The van der Waals surface area contributed by atoms with Gasteiger partial charge in [0.25, 0.3) is 0 Å². The molecule has 0 heterocycles. The van der Waals surface area contributed by atoms with Crippen LogP contribution < -0.4 is 9.75 Å². The summed E-state index contributed by atoms with van der Waals surface area (Å²) in [7, 11) is 0. The van der Waals surface area contributed by atoms with Crippen LogP contribution in [0.5, 0.6) is 5.75 Å². The van der Waals surface area contributed by atoms with E-state index in [4.69, 9.17) is 9.94 Å². The lowest BCUT2D eigenvalue weighted by Gasteiger charge is -2.15. The molecule has 2 aromatic rings. The van der Waals surface area contributed by atoms with Crippen LogP contribution in [0, 0.1) is 10.1 Å². The molecule has 0 aliphatic heterocycles. The number of rotatable bonds is 12. The van der Waals surface area contributed by atoms with E-state index < -0.39 is 0 Å². The monoisotopic (exact) mass is 372 g/mol. The molecule has 8 heteroatoms. The predicted octanol–water partition coefficient (Wildman–Crippen LogP) is 5.19. The van der Waals surface area contributed by atoms with Crippen LogP contribution in [0.1, 0.15) is 32.1 Å². The average Bonchev–Trinajstić information content (AvgIpc) is 2.72. The molecule has 0 atom stereocenters. The smallest absolute Gasteiger partial charge is 0.197 e. The fourth-order valence-corrected chi connectivity index (χ4v) is 2.61. The lowest BCUT2D eigenvalue weighted by atomic mass is 10.1. The van der Waals surface area contributed by atoms with E-state index in [-0.39, 0.29) is 11.4 Å². The summed E-state index contributed by atoms with van der Waals surface area (Å²) in [6.07, 6.45) is 4.54. The van der Waals surface area contributed by atoms with Gasteiger partial charge in [0, 0.05) is 6.42 Å². The molecule has 0 aliphatic carbocycles. The second kappa shape index (κ2) is 11.5. The first-order valence-electron chi connectivity index (χ1n) is 8.95. The summed E-state index contributed by atoms with van der Waals surface area (Å²) < 4.78 is 5.71. The number of hydrogen-bond acceptors (Lipinski definition) is 5. The number of para-hydroxylation sites is 1. The Morgan fingerprint density at radius 3 is 2.22 bits per heavy atom. The highest BCUT2D eigenvalue weighted by molar-refractivity contribution is 5.62. The standard InChI is InChI=1S/C19H24N4O4/c24-20-22(26)15-7-2-1-3-8-16-27-19-13-11-18(12-14-19)23(21-25)17-9-5-4-6-10-17/h4-6,9-14,24H,1-3,7-8,15-16H2. The van der Waals surface area contributed by atoms with Gasteiger partial charge in [0.15, 0.2) is 11.8 Å². The molecule has 0 aromatic heterocycles. The van der Waals surface area contributed by atoms with Gasteiger partial charge in [-0.25, -0.2) is 0 Å². The molecule has 8 nitrogen and oxygen atoms in total. The van der Waals surface area contributed by atoms with Crippen molar-refractivity contribution in [3.05, 3.63) is 64.7 Å². The maximum Gasteiger partial charge on any atom is 0.197 e. The Kier molecular flexibility index (Phi) is 8.55. The van der Waals surface area contributed by atoms with Gasteiger partial charge >= 0.3 is 0 Å². The summed E-state index contributed by atoms with van der Waals surface area (Å²) >= 11 is 0. The van der Waals surface area contributed by atoms with E-state index in [2.05, 4.69) is 10.6 Å². The van der Waals surface area contributed by atoms with E-state index in [1.165, 1.54) is 5.01 Å². The fourth-order valence-electron chi connectivity index (χ4n) is 2.61. The Hall–Kier alpha value is -3.16. The van der Waals surface area contributed by atoms with Crippen LogP contribution in [0.2, 0.25) is 0 Å². The zero-order valence-corrected chi connectivity index (χ0v) is 15.1. The van der Waals surface area contributed by atoms with Crippen LogP contribution in [-0.2, 0) is 0 Å². The molecule has 0 spiro atoms. The largest absolute Gasteiger partial charge is 0.597 e. The van der Waals surface area contributed by atoms with Crippen LogP contribution in [-0.4, -0.2) is 23.2 Å². The van der Waals surface area contributed by atoms with Crippen molar-refractivity contribution in [2.45, 2.75) is 32.1 Å². The molecule has 0 saturated heterocycles. The molecular formula is C19H24N4O4. The van der Waals surface area contributed by atoms with Gasteiger partial charge in [-0.1, -0.05) is 35.9 Å². The predicted molar refractivity (Wildman–Crippen MR) is 102 cm³/mol. The molecule has 1 N–H and O–H groups in total. The molecule has 0 radical (unpaired) electrons. The first kappa shape index (κ1) is 20.2. The number of benzene rings is 2. The summed E-state index contributed by atoms with van der Waals surface area (Å²) in [4.78, 5) is 11.5. The van der Waals surface area contributed by atoms with E-state index >= 15 is 0 Å². The minimum Gasteiger partial charge on any atom is -0.597 e. The molecule has 0 saturated carbocycles. The van der Waals surface area contributed by atoms with Crippen molar-refractivity contribution >= 4 is 11.4 Å². The highest BCUT2D eigenvalue weighted by Crippen LogP contribution is 2.27. The summed E-state index contributed by atoms with van der Waals surface area (Å²) in [6.45, 7) is 0.822. The van der Waals surface area contributed by atoms with E-state index in [0.29, 0.717) is 24.4 Å². The van der Waals surface area contributed by atoms with Crippen molar-refractivity contribution in [3.8, 4) is 5.75 Å². The molecule has 0 bridgehead atoms. The first-order valence-corrected chi connectivity index (χ1v) is 8.95. The SMILES string of the molecule is O=NN(c1ccccc1)c1ccc(OCCCCCCC[N+]([O-])=NO)cc1. The van der Waals surface area contributed by atoms with Gasteiger partial charge in [0.1, 0.15) is 5.75 Å². The Labute approximate surface area is 158 Å². The Balaban J connectivity index is 1.69. The first-order chi connectivity index (χ1) is 13.2. The van der Waals surface area contributed by atoms with Crippen LogP contribution in [0.3, 0.4) is 0 Å². The summed E-state index contributed by atoms with van der Waals surface area (Å²) in [6, 6.07) is 16.4. The fraction of sp³-hybridized carbons (Fsp3) is 0.368. The van der Waals surface area contributed by atoms with Crippen LogP contribution in [0.15, 0.2) is 65.2 Å². The molecule has 0 fully saturated rings. The van der Waals surface area contributed by atoms with Gasteiger partial charge in [-0.05, 0) is 49.2 Å². The second-order valence-corrected chi connectivity index (χ2v) is 6.00. The molecule has 144 valence electrons. The Morgan fingerprint density at radius 2 is 1.56 bits per heavy atom. The van der Waals surface area contributed by atoms with Gasteiger partial charge in [0.05, 0.1) is 23.3 Å². The van der Waals surface area contributed by atoms with Crippen molar-refractivity contribution in [1.29, 1.82) is 0 Å². The van der Waals surface area contributed by atoms with Crippen molar-refractivity contribution in [2.24, 2.45) is 10.6 Å². The molecular weight excluding hydrogens is 348 g/mol. The zero-order valence-electron chi connectivity index (χ0n) is 15.1. The summed E-state index contributed by atoms with van der Waals surface area (Å²) in [5, 5.41) is 25.9. The van der Waals surface area contributed by atoms with Crippen molar-refractivity contribution < 1.29 is 14.8 Å². The Morgan fingerprint density at radius 1 is 0.926 bits per heavy atom. The maximum absolute atomic E-state index is 11.2. The van der Waals surface area contributed by atoms with Crippen molar-refractivity contribution in [1.82, 2.24) is 0 Å². The average molecular weight is 372 g/mol. The summed E-state index contributed by atoms with van der Waals surface area (Å²) in [5.41, 5.74) is 1.37. The van der Waals surface area contributed by atoms with Crippen LogP contribution >= 0.6 is 0 Å². The van der Waals surface area contributed by atoms with Crippen molar-refractivity contribution in [2.75, 3.05) is 18.2 Å². The number of nitrogens with zero attached hydrogens (tertiary/aromatic N) is 4. The van der Waals surface area contributed by atoms with E-state index in [1.807, 2.05) is 42.5 Å². The topological polar surface area (TPSA) is 101 Å². The van der Waals surface area contributed by atoms with Gasteiger partial charge < -0.3 is 15.2 Å². The van der Waals surface area contributed by atoms with Crippen LogP contribution in [0.4, 0.5) is 11.4 Å². The number of anilines is 2. The third-order valence-electron chi connectivity index (χ3n) is 4.03. The van der Waals surface area contributed by atoms with E-state index in [9.17, 15) is 10.1 Å². The highest BCUT2D eigenvalue weighted by Gasteiger charge is 2.09. The molecule has 0 aliphatic rings. The number of unbranched alkanes of at least 4 members (excludes halogenated alkanes) is 4. The molecule has 27 heavy (non-hydrogen) atoms. The Bertz CT molecular complexity index is 707. The molecule has 0 unspecified atom stereocenters. The highest BCUT2D eigenvalue weighted by atomic mass is 16.6. The van der Waals surface area contributed by atoms with E-state index in [1.54, 1.807) is 12.1 Å². The normalized spacial score (nSPS) is 11.2. The van der Waals surface area contributed by atoms with Crippen molar-refractivity contribution in [3.63, 3.8) is 0 Å². The molecule has 2 rings (SSSR count). The van der Waals surface area contributed by atoms with Gasteiger partial charge in [-0.15, -0.1) is 4.91 Å². The lowest BCUT2D eigenvalue weighted by Crippen LogP contribution is -2.07. The number of hydroxylamine groups is 1.